The summed E-state index contributed by atoms with van der Waals surface area (Å²) >= 11 is 0. The van der Waals surface area contributed by atoms with Gasteiger partial charge in [-0.15, -0.1) is 0 Å². The molecule has 1 atom stereocenters. The zero-order chi connectivity index (χ0) is 14.4. The fraction of sp³-hybridized carbons (Fsp3) is 0.533. The van der Waals surface area contributed by atoms with E-state index in [1.54, 1.807) is 12.1 Å². The third kappa shape index (κ3) is 4.13. The van der Waals surface area contributed by atoms with Gasteiger partial charge in [0.25, 0.3) is 0 Å². The van der Waals surface area contributed by atoms with Gasteiger partial charge in [-0.25, -0.2) is 0 Å². The fourth-order valence-electron chi connectivity index (χ4n) is 2.46. The van der Waals surface area contributed by atoms with Crippen LogP contribution in [0.3, 0.4) is 0 Å². The minimum atomic E-state index is -0.0592. The van der Waals surface area contributed by atoms with Crippen LogP contribution in [0.5, 0.6) is 11.5 Å². The molecule has 0 aromatic heterocycles. The Kier molecular flexibility index (Phi) is 5.24. The second kappa shape index (κ2) is 7.14. The molecule has 0 aliphatic carbocycles. The molecule has 1 amide bonds. The first-order valence-electron chi connectivity index (χ1n) is 7.06. The van der Waals surface area contributed by atoms with E-state index in [9.17, 15) is 9.90 Å². The lowest BCUT2D eigenvalue weighted by atomic mass is 9.94. The number of aromatic hydroxyl groups is 1. The summed E-state index contributed by atoms with van der Waals surface area (Å²) in [6.07, 6.45) is 3.74. The van der Waals surface area contributed by atoms with E-state index in [0.717, 1.165) is 19.5 Å². The number of hydrogen-bond donors (Lipinski definition) is 3. The van der Waals surface area contributed by atoms with E-state index in [1.165, 1.54) is 26.0 Å². The Bertz CT molecular complexity index is 456. The number of nitrogens with one attached hydrogen (secondary N) is 2. The van der Waals surface area contributed by atoms with Gasteiger partial charge in [-0.05, 0) is 50.4 Å². The summed E-state index contributed by atoms with van der Waals surface area (Å²) in [7, 11) is 1.53. The molecule has 3 N–H and O–H groups in total. The van der Waals surface area contributed by atoms with Gasteiger partial charge in [-0.1, -0.05) is 0 Å². The molecule has 1 aromatic carbocycles. The van der Waals surface area contributed by atoms with Gasteiger partial charge in [-0.2, -0.15) is 0 Å². The predicted molar refractivity (Wildman–Crippen MR) is 78.1 cm³/mol. The van der Waals surface area contributed by atoms with E-state index in [2.05, 4.69) is 10.6 Å². The molecule has 1 heterocycles. The highest BCUT2D eigenvalue weighted by molar-refractivity contribution is 5.92. The Morgan fingerprint density at radius 1 is 1.55 bits per heavy atom. The van der Waals surface area contributed by atoms with Crippen molar-refractivity contribution in [3.63, 3.8) is 0 Å². The highest BCUT2D eigenvalue weighted by Crippen LogP contribution is 2.28. The second-order valence-electron chi connectivity index (χ2n) is 5.18. The third-order valence-electron chi connectivity index (χ3n) is 3.66. The molecule has 110 valence electrons. The van der Waals surface area contributed by atoms with Crippen LogP contribution < -0.4 is 15.4 Å². The molecule has 5 heteroatoms. The Morgan fingerprint density at radius 2 is 2.40 bits per heavy atom. The van der Waals surface area contributed by atoms with Crippen LogP contribution in [0, 0.1) is 5.92 Å². The van der Waals surface area contributed by atoms with Gasteiger partial charge in [-0.3, -0.25) is 4.79 Å². The summed E-state index contributed by atoms with van der Waals surface area (Å²) in [5, 5.41) is 15.9. The summed E-state index contributed by atoms with van der Waals surface area (Å²) < 4.78 is 5.00. The molecule has 5 nitrogen and oxygen atoms in total. The first kappa shape index (κ1) is 14.7. The smallest absolute Gasteiger partial charge is 0.224 e. The maximum atomic E-state index is 11.9. The van der Waals surface area contributed by atoms with Crippen LogP contribution in [0.25, 0.3) is 0 Å². The number of methoxy groups -OCH3 is 1. The monoisotopic (exact) mass is 278 g/mol. The molecular formula is C15H22N2O3. The topological polar surface area (TPSA) is 70.6 Å². The maximum Gasteiger partial charge on any atom is 0.224 e. The van der Waals surface area contributed by atoms with Crippen molar-refractivity contribution in [3.05, 3.63) is 18.2 Å². The molecule has 1 fully saturated rings. The van der Waals surface area contributed by atoms with Gasteiger partial charge in [0, 0.05) is 12.5 Å². The zero-order valence-electron chi connectivity index (χ0n) is 11.8. The molecule has 0 spiro atoms. The normalized spacial score (nSPS) is 18.6. The molecule has 0 bridgehead atoms. The van der Waals surface area contributed by atoms with Gasteiger partial charge in [0.1, 0.15) is 11.5 Å². The van der Waals surface area contributed by atoms with Crippen molar-refractivity contribution in [1.82, 2.24) is 5.32 Å². The number of piperidine rings is 1. The highest BCUT2D eigenvalue weighted by Gasteiger charge is 2.15. The minimum absolute atomic E-state index is 0.0250. The van der Waals surface area contributed by atoms with Crippen molar-refractivity contribution >= 4 is 11.6 Å². The maximum absolute atomic E-state index is 11.9. The van der Waals surface area contributed by atoms with Crippen molar-refractivity contribution in [2.24, 2.45) is 5.92 Å². The van der Waals surface area contributed by atoms with Gasteiger partial charge < -0.3 is 20.5 Å². The number of ether oxygens (including phenoxy) is 1. The van der Waals surface area contributed by atoms with Gasteiger partial charge in [0.2, 0.25) is 5.91 Å². The van der Waals surface area contributed by atoms with Crippen LogP contribution in [-0.2, 0) is 4.79 Å². The zero-order valence-corrected chi connectivity index (χ0v) is 11.8. The van der Waals surface area contributed by atoms with E-state index in [1.807, 2.05) is 0 Å². The van der Waals surface area contributed by atoms with Gasteiger partial charge in [0.05, 0.1) is 12.8 Å². The Hall–Kier alpha value is -1.75. The average molecular weight is 278 g/mol. The van der Waals surface area contributed by atoms with Crippen LogP contribution in [0.1, 0.15) is 25.7 Å². The molecule has 20 heavy (non-hydrogen) atoms. The van der Waals surface area contributed by atoms with E-state index in [4.69, 9.17) is 4.74 Å². The molecule has 0 radical (unpaired) electrons. The number of phenolic OH excluding ortho intramolecular Hbond substituents is 1. The van der Waals surface area contributed by atoms with Crippen LogP contribution in [0.2, 0.25) is 0 Å². The fourth-order valence-corrected chi connectivity index (χ4v) is 2.46. The Balaban J connectivity index is 1.81. The third-order valence-corrected chi connectivity index (χ3v) is 3.66. The molecule has 0 saturated carbocycles. The van der Waals surface area contributed by atoms with Crippen molar-refractivity contribution in [2.75, 3.05) is 25.5 Å². The molecule has 1 saturated heterocycles. The minimum Gasteiger partial charge on any atom is -0.506 e. The summed E-state index contributed by atoms with van der Waals surface area (Å²) in [5.74, 6) is 1.11. The number of anilines is 1. The first-order valence-corrected chi connectivity index (χ1v) is 7.06. The number of rotatable bonds is 5. The standard InChI is InChI=1S/C15H22N2O3/c1-20-12-5-6-13(14(18)9-12)17-15(19)7-4-11-3-2-8-16-10-11/h5-6,9,11,16,18H,2-4,7-8,10H2,1H3,(H,17,19). The van der Waals surface area contributed by atoms with Crippen molar-refractivity contribution in [1.29, 1.82) is 0 Å². The van der Waals surface area contributed by atoms with E-state index >= 15 is 0 Å². The van der Waals surface area contributed by atoms with E-state index in [-0.39, 0.29) is 11.7 Å². The molecule has 1 unspecified atom stereocenters. The first-order chi connectivity index (χ1) is 9.69. The Labute approximate surface area is 119 Å². The van der Waals surface area contributed by atoms with E-state index in [0.29, 0.717) is 23.8 Å². The van der Waals surface area contributed by atoms with Crippen LogP contribution in [0.4, 0.5) is 5.69 Å². The quantitative estimate of drug-likeness (QED) is 0.722. The Morgan fingerprint density at radius 3 is 3.05 bits per heavy atom. The molecule has 1 aliphatic rings. The molecule has 2 rings (SSSR count). The average Bonchev–Trinajstić information content (AvgIpc) is 2.48. The highest BCUT2D eigenvalue weighted by atomic mass is 16.5. The lowest BCUT2D eigenvalue weighted by molar-refractivity contribution is -0.116. The number of amides is 1. The molecular weight excluding hydrogens is 256 g/mol. The lowest BCUT2D eigenvalue weighted by Crippen LogP contribution is -2.30. The van der Waals surface area contributed by atoms with Crippen molar-refractivity contribution < 1.29 is 14.6 Å². The summed E-state index contributed by atoms with van der Waals surface area (Å²) in [6, 6.07) is 4.84. The van der Waals surface area contributed by atoms with Crippen LogP contribution in [0.15, 0.2) is 18.2 Å². The van der Waals surface area contributed by atoms with Crippen LogP contribution in [-0.4, -0.2) is 31.2 Å². The number of benzene rings is 1. The van der Waals surface area contributed by atoms with Crippen molar-refractivity contribution in [3.8, 4) is 11.5 Å². The summed E-state index contributed by atoms with van der Waals surface area (Å²) in [6.45, 7) is 2.09. The lowest BCUT2D eigenvalue weighted by Gasteiger charge is -2.22. The molecule has 1 aromatic rings. The second-order valence-corrected chi connectivity index (χ2v) is 5.18. The largest absolute Gasteiger partial charge is 0.506 e. The number of carbonyl (C=O) groups excluding carboxylic acids is 1. The summed E-state index contributed by atoms with van der Waals surface area (Å²) in [5.41, 5.74) is 0.428. The number of phenols is 1. The van der Waals surface area contributed by atoms with E-state index < -0.39 is 0 Å². The molecule has 1 aliphatic heterocycles. The van der Waals surface area contributed by atoms with Gasteiger partial charge >= 0.3 is 0 Å². The van der Waals surface area contributed by atoms with Gasteiger partial charge in [0.15, 0.2) is 0 Å². The van der Waals surface area contributed by atoms with Crippen molar-refractivity contribution in [2.45, 2.75) is 25.7 Å². The summed E-state index contributed by atoms with van der Waals surface area (Å²) in [4.78, 5) is 11.9. The SMILES string of the molecule is COc1ccc(NC(=O)CCC2CCCNC2)c(O)c1. The predicted octanol–water partition coefficient (Wildman–Crippen LogP) is 2.12. The number of carbonyl (C=O) groups is 1. The van der Waals surface area contributed by atoms with Crippen LogP contribution >= 0.6 is 0 Å². The number of hydrogen-bond acceptors (Lipinski definition) is 4.